The van der Waals surface area contributed by atoms with Gasteiger partial charge in [-0.2, -0.15) is 0 Å². The van der Waals surface area contributed by atoms with Gasteiger partial charge in [-0.3, -0.25) is 4.74 Å². The molecule has 0 saturated carbocycles. The first-order valence-electron chi connectivity index (χ1n) is 11.9. The first-order valence-corrected chi connectivity index (χ1v) is 13.7. The second kappa shape index (κ2) is 9.15. The smallest absolute Gasteiger partial charge is 0.106 e. The molecule has 5 aromatic carbocycles. The van der Waals surface area contributed by atoms with E-state index in [4.69, 9.17) is 4.74 Å². The minimum absolute atomic E-state index is 0.393. The van der Waals surface area contributed by atoms with Crippen LogP contribution in [0.4, 0.5) is 0 Å². The van der Waals surface area contributed by atoms with E-state index in [0.717, 1.165) is 22.3 Å². The largest absolute Gasteiger partial charge is 0.386 e. The van der Waals surface area contributed by atoms with Crippen LogP contribution in [0.1, 0.15) is 23.3 Å². The van der Waals surface area contributed by atoms with Crippen LogP contribution in [-0.2, 0) is 0 Å². The van der Waals surface area contributed by atoms with Gasteiger partial charge in [-0.05, 0) is 22.3 Å². The molecular weight excluding hydrogens is 445 g/mol. The number of aliphatic hydroxyl groups excluding tert-OH is 1. The number of aliphatic hydroxyl groups is 1. The number of benzene rings is 5. The predicted octanol–water partition coefficient (Wildman–Crippen LogP) is 6.62. The van der Waals surface area contributed by atoms with Crippen LogP contribution in [-0.4, -0.2) is 5.11 Å². The summed E-state index contributed by atoms with van der Waals surface area (Å²) in [6.45, 7) is 0. The van der Waals surface area contributed by atoms with Crippen LogP contribution in [0.25, 0.3) is 11.1 Å². The molecule has 5 aromatic rings. The number of nitrogens with zero attached hydrogens (tertiary/aromatic N) is 1. The molecule has 3 heteroatoms. The molecule has 0 unspecified atom stereocenters. The summed E-state index contributed by atoms with van der Waals surface area (Å²) < 4.78 is 5.76. The first-order chi connectivity index (χ1) is 17.3. The highest BCUT2D eigenvalue weighted by atomic mass is 31.2. The van der Waals surface area contributed by atoms with Gasteiger partial charge in [0.05, 0.1) is 7.05 Å². The number of hydrogen-bond donors (Lipinski definition) is 1. The summed E-state index contributed by atoms with van der Waals surface area (Å²) in [5.74, 6) is 0. The molecule has 1 aliphatic carbocycles. The Morgan fingerprint density at radius 2 is 0.829 bits per heavy atom. The van der Waals surface area contributed by atoms with Gasteiger partial charge in [-0.15, -0.1) is 0 Å². The summed E-state index contributed by atoms with van der Waals surface area (Å²) >= 11 is 0. The fourth-order valence-electron chi connectivity index (χ4n) is 5.23. The molecule has 0 fully saturated rings. The summed E-state index contributed by atoms with van der Waals surface area (Å²) in [4.78, 5) is 0. The lowest BCUT2D eigenvalue weighted by Gasteiger charge is -2.35. The van der Waals surface area contributed by atoms with E-state index in [9.17, 15) is 5.11 Å². The molecule has 1 aliphatic rings. The van der Waals surface area contributed by atoms with Crippen molar-refractivity contribution in [2.24, 2.45) is 4.74 Å². The first kappa shape index (κ1) is 21.8. The molecule has 0 aromatic heterocycles. The van der Waals surface area contributed by atoms with E-state index in [-0.39, 0.29) is 0 Å². The van der Waals surface area contributed by atoms with Crippen molar-refractivity contribution in [3.05, 3.63) is 151 Å². The second-order valence-electron chi connectivity index (χ2n) is 8.82. The zero-order valence-corrected chi connectivity index (χ0v) is 20.2. The van der Waals surface area contributed by atoms with Gasteiger partial charge >= 0.3 is 0 Å². The summed E-state index contributed by atoms with van der Waals surface area (Å²) in [6, 6.07) is 48.0. The van der Waals surface area contributed by atoms with E-state index in [0.29, 0.717) is 0 Å². The van der Waals surface area contributed by atoms with Crippen molar-refractivity contribution in [2.45, 2.75) is 12.1 Å². The third-order valence-electron chi connectivity index (χ3n) is 6.84. The Labute approximate surface area is 206 Å². The molecule has 6 rings (SSSR count). The van der Waals surface area contributed by atoms with Crippen LogP contribution in [0.3, 0.4) is 0 Å². The molecule has 170 valence electrons. The fraction of sp³-hybridized carbons (Fsp3) is 0.0625. The maximum Gasteiger partial charge on any atom is 0.106 e. The maximum atomic E-state index is 11.8. The highest BCUT2D eigenvalue weighted by molar-refractivity contribution is 7.87. The second-order valence-corrected chi connectivity index (χ2v) is 11.9. The van der Waals surface area contributed by atoms with E-state index >= 15 is 0 Å². The topological polar surface area (TPSA) is 32.6 Å². The van der Waals surface area contributed by atoms with Gasteiger partial charge in [0, 0.05) is 15.9 Å². The van der Waals surface area contributed by atoms with Crippen molar-refractivity contribution in [1.29, 1.82) is 0 Å². The van der Waals surface area contributed by atoms with Crippen molar-refractivity contribution in [3.8, 4) is 11.1 Å². The Bertz CT molecular complexity index is 1410. The zero-order valence-electron chi connectivity index (χ0n) is 19.3. The lowest BCUT2D eigenvalue weighted by atomic mass is 9.81. The van der Waals surface area contributed by atoms with Crippen LogP contribution in [0.15, 0.2) is 144 Å². The van der Waals surface area contributed by atoms with Gasteiger partial charge in [-0.25, -0.2) is 0 Å². The molecule has 0 spiro atoms. The maximum absolute atomic E-state index is 11.8. The predicted molar refractivity (Wildman–Crippen MR) is 147 cm³/mol. The number of rotatable bonds is 4. The lowest BCUT2D eigenvalue weighted by molar-refractivity contribution is 0.147. The summed E-state index contributed by atoms with van der Waals surface area (Å²) in [5, 5.41) is 15.3. The molecule has 0 radical (unpaired) electrons. The Kier molecular flexibility index (Phi) is 5.70. The minimum Gasteiger partial charge on any atom is -0.386 e. The highest BCUT2D eigenvalue weighted by Gasteiger charge is 2.36. The van der Waals surface area contributed by atoms with Crippen molar-refractivity contribution in [3.63, 3.8) is 0 Å². The fourth-order valence-corrected chi connectivity index (χ4v) is 8.96. The quantitative estimate of drug-likeness (QED) is 0.294. The van der Waals surface area contributed by atoms with Crippen molar-refractivity contribution >= 4 is 23.0 Å². The van der Waals surface area contributed by atoms with Gasteiger partial charge in [0.15, 0.2) is 0 Å². The molecule has 1 N–H and O–H groups in total. The van der Waals surface area contributed by atoms with Gasteiger partial charge in [0.1, 0.15) is 12.1 Å². The van der Waals surface area contributed by atoms with Gasteiger partial charge in [0.2, 0.25) is 0 Å². The monoisotopic (exact) mass is 471 g/mol. The molecule has 0 amide bonds. The normalized spacial score (nSPS) is 16.7. The summed E-state index contributed by atoms with van der Waals surface area (Å²) in [5.41, 5.74) is 4.25. The highest BCUT2D eigenvalue weighted by Crippen LogP contribution is 2.54. The van der Waals surface area contributed by atoms with Crippen LogP contribution in [0, 0.1) is 0 Å². The van der Waals surface area contributed by atoms with Gasteiger partial charge < -0.3 is 5.11 Å². The molecule has 0 saturated heterocycles. The van der Waals surface area contributed by atoms with Crippen LogP contribution in [0.5, 0.6) is 0 Å². The Morgan fingerprint density at radius 3 is 1.31 bits per heavy atom. The van der Waals surface area contributed by atoms with Crippen LogP contribution < -0.4 is 15.9 Å². The van der Waals surface area contributed by atoms with E-state index < -0.39 is 19.2 Å². The van der Waals surface area contributed by atoms with E-state index in [1.807, 2.05) is 18.2 Å². The Morgan fingerprint density at radius 1 is 0.457 bits per heavy atom. The third kappa shape index (κ3) is 3.67. The Balaban J connectivity index is 1.72. The van der Waals surface area contributed by atoms with Crippen LogP contribution in [0.2, 0.25) is 0 Å². The SMILES string of the molecule is O[C@H]1c2ccccc2-c2ccccc2[C@@H]1N=P(c1ccccc1)(c1ccccc1)c1ccccc1. The molecule has 2 atom stereocenters. The van der Waals surface area contributed by atoms with Crippen LogP contribution >= 0.6 is 7.05 Å². The molecule has 0 bridgehead atoms. The summed E-state index contributed by atoms with van der Waals surface area (Å²) in [6.07, 6.45) is -0.725. The minimum atomic E-state index is -2.46. The molecule has 0 heterocycles. The van der Waals surface area contributed by atoms with Crippen molar-refractivity contribution in [2.75, 3.05) is 0 Å². The molecule has 0 aliphatic heterocycles. The average molecular weight is 472 g/mol. The van der Waals surface area contributed by atoms with Gasteiger partial charge in [-0.1, -0.05) is 140 Å². The van der Waals surface area contributed by atoms with Crippen molar-refractivity contribution < 1.29 is 5.11 Å². The third-order valence-corrected chi connectivity index (χ3v) is 10.6. The standard InChI is InChI=1S/C32H26NOP/c34-32-30-23-13-11-21-28(30)27-20-10-12-22-29(27)31(32)33-35(24-14-4-1-5-15-24,25-16-6-2-7-17-25)26-18-8-3-9-19-26/h1-23,31-32,34H/t31-,32-/m0/s1. The van der Waals surface area contributed by atoms with E-state index in [2.05, 4.69) is 121 Å². The summed E-state index contributed by atoms with van der Waals surface area (Å²) in [7, 11) is -2.46. The molecule has 2 nitrogen and oxygen atoms in total. The van der Waals surface area contributed by atoms with E-state index in [1.54, 1.807) is 0 Å². The molecule has 35 heavy (non-hydrogen) atoms. The average Bonchev–Trinajstić information content (AvgIpc) is 2.95. The zero-order chi connectivity index (χ0) is 23.7. The van der Waals surface area contributed by atoms with Gasteiger partial charge in [0.25, 0.3) is 0 Å². The molecular formula is C32H26NOP. The van der Waals surface area contributed by atoms with Crippen molar-refractivity contribution in [1.82, 2.24) is 0 Å². The number of hydrogen-bond acceptors (Lipinski definition) is 2. The lowest BCUT2D eigenvalue weighted by Crippen LogP contribution is -2.27. The number of fused-ring (bicyclic) bond motifs is 3. The van der Waals surface area contributed by atoms with E-state index in [1.165, 1.54) is 15.9 Å². The Hall–Kier alpha value is -3.71.